The van der Waals surface area contributed by atoms with E-state index in [2.05, 4.69) is 42.3 Å². The standard InChI is InChI=1S/C12H14BrN3/c13-10-4-7-15(8-5-10)12-3-1-2-11-14-6-9-16(11)12/h1-3,6,9-10H,4-5,7-8H2. The first-order valence-electron chi connectivity index (χ1n) is 5.66. The minimum Gasteiger partial charge on any atom is -0.358 e. The number of aromatic nitrogens is 2. The van der Waals surface area contributed by atoms with Crippen LogP contribution in [0.4, 0.5) is 5.82 Å². The summed E-state index contributed by atoms with van der Waals surface area (Å²) in [5.41, 5.74) is 1.03. The zero-order chi connectivity index (χ0) is 11.0. The summed E-state index contributed by atoms with van der Waals surface area (Å²) in [5.74, 6) is 1.26. The molecule has 0 bridgehead atoms. The Morgan fingerprint density at radius 2 is 2.06 bits per heavy atom. The van der Waals surface area contributed by atoms with Gasteiger partial charge in [-0.05, 0) is 25.0 Å². The summed E-state index contributed by atoms with van der Waals surface area (Å²) in [6, 6.07) is 6.29. The molecule has 4 heteroatoms. The van der Waals surface area contributed by atoms with Gasteiger partial charge in [-0.25, -0.2) is 4.98 Å². The van der Waals surface area contributed by atoms with Gasteiger partial charge >= 0.3 is 0 Å². The zero-order valence-electron chi connectivity index (χ0n) is 9.01. The molecule has 1 saturated heterocycles. The van der Waals surface area contributed by atoms with E-state index in [9.17, 15) is 0 Å². The highest BCUT2D eigenvalue weighted by molar-refractivity contribution is 9.09. The Kier molecular flexibility index (Phi) is 2.59. The molecule has 0 N–H and O–H groups in total. The van der Waals surface area contributed by atoms with Gasteiger partial charge in [-0.3, -0.25) is 4.40 Å². The van der Waals surface area contributed by atoms with Crippen molar-refractivity contribution in [2.24, 2.45) is 0 Å². The molecule has 0 aliphatic carbocycles. The Labute approximate surface area is 103 Å². The minimum atomic E-state index is 0.686. The van der Waals surface area contributed by atoms with Crippen molar-refractivity contribution >= 4 is 27.4 Å². The van der Waals surface area contributed by atoms with E-state index in [1.165, 1.54) is 18.7 Å². The Bertz CT molecular complexity index is 486. The van der Waals surface area contributed by atoms with Crippen LogP contribution in [0.3, 0.4) is 0 Å². The number of alkyl halides is 1. The Balaban J connectivity index is 1.96. The first-order chi connectivity index (χ1) is 7.84. The topological polar surface area (TPSA) is 20.5 Å². The number of piperidine rings is 1. The molecule has 0 saturated carbocycles. The predicted octanol–water partition coefficient (Wildman–Crippen LogP) is 2.70. The fraction of sp³-hybridized carbons (Fsp3) is 0.417. The molecule has 16 heavy (non-hydrogen) atoms. The SMILES string of the molecule is BrC1CCN(c2cccc3nccn23)CC1. The molecule has 0 spiro atoms. The molecule has 1 aliphatic heterocycles. The van der Waals surface area contributed by atoms with Crippen LogP contribution < -0.4 is 4.90 Å². The fourth-order valence-electron chi connectivity index (χ4n) is 2.27. The van der Waals surface area contributed by atoms with Crippen LogP contribution in [0, 0.1) is 0 Å². The number of halogens is 1. The summed E-state index contributed by atoms with van der Waals surface area (Å²) in [7, 11) is 0. The Morgan fingerprint density at radius 1 is 1.25 bits per heavy atom. The molecule has 0 amide bonds. The molecule has 0 aromatic carbocycles. The predicted molar refractivity (Wildman–Crippen MR) is 69.4 cm³/mol. The van der Waals surface area contributed by atoms with E-state index in [0.29, 0.717) is 4.83 Å². The van der Waals surface area contributed by atoms with Crippen molar-refractivity contribution in [1.82, 2.24) is 9.38 Å². The van der Waals surface area contributed by atoms with E-state index in [1.54, 1.807) is 0 Å². The summed E-state index contributed by atoms with van der Waals surface area (Å²) >= 11 is 3.68. The Morgan fingerprint density at radius 3 is 2.88 bits per heavy atom. The highest BCUT2D eigenvalue weighted by atomic mass is 79.9. The van der Waals surface area contributed by atoms with E-state index in [0.717, 1.165) is 18.7 Å². The summed E-state index contributed by atoms with van der Waals surface area (Å²) in [6.45, 7) is 2.24. The van der Waals surface area contributed by atoms with Crippen LogP contribution in [-0.4, -0.2) is 27.3 Å². The summed E-state index contributed by atoms with van der Waals surface area (Å²) in [4.78, 5) is 7.44. The molecule has 2 aromatic heterocycles. The summed E-state index contributed by atoms with van der Waals surface area (Å²) in [5, 5.41) is 0. The van der Waals surface area contributed by atoms with E-state index >= 15 is 0 Å². The van der Waals surface area contributed by atoms with Gasteiger partial charge in [0, 0.05) is 30.3 Å². The van der Waals surface area contributed by atoms with Crippen LogP contribution in [0.2, 0.25) is 0 Å². The molecule has 0 unspecified atom stereocenters. The first kappa shape index (κ1) is 10.1. The van der Waals surface area contributed by atoms with Gasteiger partial charge in [-0.2, -0.15) is 0 Å². The molecule has 3 nitrogen and oxygen atoms in total. The highest BCUT2D eigenvalue weighted by Gasteiger charge is 2.18. The zero-order valence-corrected chi connectivity index (χ0v) is 10.6. The third-order valence-corrected chi connectivity index (χ3v) is 4.07. The van der Waals surface area contributed by atoms with Crippen molar-refractivity contribution < 1.29 is 0 Å². The number of hydrogen-bond acceptors (Lipinski definition) is 2. The number of anilines is 1. The monoisotopic (exact) mass is 279 g/mol. The van der Waals surface area contributed by atoms with Crippen LogP contribution in [0.1, 0.15) is 12.8 Å². The van der Waals surface area contributed by atoms with Crippen molar-refractivity contribution in [1.29, 1.82) is 0 Å². The maximum Gasteiger partial charge on any atom is 0.138 e. The number of pyridine rings is 1. The van der Waals surface area contributed by atoms with Crippen LogP contribution in [0.5, 0.6) is 0 Å². The second-order valence-corrected chi connectivity index (χ2v) is 5.50. The van der Waals surface area contributed by atoms with Gasteiger partial charge < -0.3 is 4.90 Å². The quantitative estimate of drug-likeness (QED) is 0.749. The lowest BCUT2D eigenvalue weighted by atomic mass is 10.1. The molecule has 3 rings (SSSR count). The summed E-state index contributed by atoms with van der Waals surface area (Å²) in [6.07, 6.45) is 6.32. The highest BCUT2D eigenvalue weighted by Crippen LogP contribution is 2.23. The van der Waals surface area contributed by atoms with Crippen LogP contribution in [0.25, 0.3) is 5.65 Å². The van der Waals surface area contributed by atoms with E-state index in [1.807, 2.05) is 18.5 Å². The molecule has 1 fully saturated rings. The van der Waals surface area contributed by atoms with E-state index in [4.69, 9.17) is 0 Å². The van der Waals surface area contributed by atoms with Crippen molar-refractivity contribution in [3.05, 3.63) is 30.6 Å². The molecule has 2 aromatic rings. The number of rotatable bonds is 1. The lowest BCUT2D eigenvalue weighted by Gasteiger charge is -2.31. The molecule has 84 valence electrons. The fourth-order valence-corrected chi connectivity index (χ4v) is 2.68. The van der Waals surface area contributed by atoms with Crippen molar-refractivity contribution in [2.45, 2.75) is 17.7 Å². The molecular weight excluding hydrogens is 266 g/mol. The average molecular weight is 280 g/mol. The van der Waals surface area contributed by atoms with Crippen LogP contribution in [-0.2, 0) is 0 Å². The van der Waals surface area contributed by atoms with Gasteiger partial charge in [0.25, 0.3) is 0 Å². The molecular formula is C12H14BrN3. The molecule has 1 aliphatic rings. The van der Waals surface area contributed by atoms with Gasteiger partial charge in [0.05, 0.1) is 0 Å². The van der Waals surface area contributed by atoms with Crippen LogP contribution in [0.15, 0.2) is 30.6 Å². The van der Waals surface area contributed by atoms with Gasteiger partial charge in [0.15, 0.2) is 0 Å². The maximum atomic E-state index is 4.32. The lowest BCUT2D eigenvalue weighted by molar-refractivity contribution is 0.590. The van der Waals surface area contributed by atoms with Crippen LogP contribution >= 0.6 is 15.9 Å². The lowest BCUT2D eigenvalue weighted by Crippen LogP contribution is -2.34. The second kappa shape index (κ2) is 4.09. The number of fused-ring (bicyclic) bond motifs is 1. The Hall–Kier alpha value is -1.03. The molecule has 0 atom stereocenters. The minimum absolute atomic E-state index is 0.686. The molecule has 3 heterocycles. The van der Waals surface area contributed by atoms with Crippen molar-refractivity contribution in [3.8, 4) is 0 Å². The van der Waals surface area contributed by atoms with E-state index < -0.39 is 0 Å². The smallest absolute Gasteiger partial charge is 0.138 e. The van der Waals surface area contributed by atoms with Gasteiger partial charge in [-0.1, -0.05) is 22.0 Å². The third kappa shape index (κ3) is 1.71. The van der Waals surface area contributed by atoms with Gasteiger partial charge in [0.2, 0.25) is 0 Å². The second-order valence-electron chi connectivity index (χ2n) is 4.20. The number of imidazole rings is 1. The number of hydrogen-bond donors (Lipinski definition) is 0. The first-order valence-corrected chi connectivity index (χ1v) is 6.57. The van der Waals surface area contributed by atoms with Crippen molar-refractivity contribution in [2.75, 3.05) is 18.0 Å². The third-order valence-electron chi connectivity index (χ3n) is 3.16. The van der Waals surface area contributed by atoms with E-state index in [-0.39, 0.29) is 0 Å². The van der Waals surface area contributed by atoms with Gasteiger partial charge in [0.1, 0.15) is 11.5 Å². The summed E-state index contributed by atoms with van der Waals surface area (Å²) < 4.78 is 2.16. The molecule has 0 radical (unpaired) electrons. The maximum absolute atomic E-state index is 4.32. The average Bonchev–Trinajstić information content (AvgIpc) is 2.78. The van der Waals surface area contributed by atoms with Crippen molar-refractivity contribution in [3.63, 3.8) is 0 Å². The largest absolute Gasteiger partial charge is 0.358 e. The normalized spacial score (nSPS) is 18.2. The number of nitrogens with zero attached hydrogens (tertiary/aromatic N) is 3. The van der Waals surface area contributed by atoms with Gasteiger partial charge in [-0.15, -0.1) is 0 Å².